The van der Waals surface area contributed by atoms with Crippen LogP contribution in [-0.4, -0.2) is 23.9 Å². The Morgan fingerprint density at radius 2 is 1.94 bits per heavy atom. The first-order valence-electron chi connectivity index (χ1n) is 6.11. The Morgan fingerprint density at radius 1 is 1.29 bits per heavy atom. The first kappa shape index (κ1) is 12.9. The van der Waals surface area contributed by atoms with Crippen LogP contribution >= 0.6 is 22.6 Å². The maximum Gasteiger partial charge on any atom is 0.253 e. The number of nitrogens with zero attached hydrogens (tertiary/aromatic N) is 1. The predicted molar refractivity (Wildman–Crippen MR) is 78.0 cm³/mol. The summed E-state index contributed by atoms with van der Waals surface area (Å²) in [7, 11) is 0. The largest absolute Gasteiger partial charge is 0.338 e. The fourth-order valence-electron chi connectivity index (χ4n) is 2.63. The summed E-state index contributed by atoms with van der Waals surface area (Å²) < 4.78 is 1.12. The summed E-state index contributed by atoms with van der Waals surface area (Å²) >= 11 is 2.25. The average molecular weight is 343 g/mol. The summed E-state index contributed by atoms with van der Waals surface area (Å²) in [5, 5.41) is 0. The summed E-state index contributed by atoms with van der Waals surface area (Å²) in [6.07, 6.45) is 1.23. The second-order valence-corrected chi connectivity index (χ2v) is 6.41. The second kappa shape index (κ2) is 5.38. The summed E-state index contributed by atoms with van der Waals surface area (Å²) in [6, 6.07) is 7.84. The van der Waals surface area contributed by atoms with Gasteiger partial charge in [-0.05, 0) is 59.0 Å². The van der Waals surface area contributed by atoms with Crippen molar-refractivity contribution in [3.05, 3.63) is 33.4 Å². The van der Waals surface area contributed by atoms with E-state index in [9.17, 15) is 4.79 Å². The summed E-state index contributed by atoms with van der Waals surface area (Å²) in [4.78, 5) is 14.4. The lowest BCUT2D eigenvalue weighted by atomic mass is 9.91. The molecule has 0 radical (unpaired) electrons. The van der Waals surface area contributed by atoms with Crippen LogP contribution in [0.25, 0.3) is 0 Å². The molecule has 1 aromatic rings. The van der Waals surface area contributed by atoms with Crippen LogP contribution in [0.1, 0.15) is 30.6 Å². The molecule has 2 rings (SSSR count). The molecule has 0 bridgehead atoms. The van der Waals surface area contributed by atoms with E-state index in [0.29, 0.717) is 11.8 Å². The normalized spacial score (nSPS) is 24.8. The van der Waals surface area contributed by atoms with E-state index in [2.05, 4.69) is 36.4 Å². The molecule has 2 nitrogen and oxygen atoms in total. The van der Waals surface area contributed by atoms with E-state index < -0.39 is 0 Å². The van der Waals surface area contributed by atoms with E-state index in [1.807, 2.05) is 29.2 Å². The Morgan fingerprint density at radius 3 is 2.53 bits per heavy atom. The molecule has 1 saturated heterocycles. The lowest BCUT2D eigenvalue weighted by molar-refractivity contribution is 0.0623. The molecule has 1 amide bonds. The van der Waals surface area contributed by atoms with Crippen LogP contribution in [0.15, 0.2) is 24.3 Å². The molecule has 0 spiro atoms. The number of likely N-dealkylation sites (tertiary alicyclic amines) is 1. The zero-order valence-electron chi connectivity index (χ0n) is 10.3. The van der Waals surface area contributed by atoms with E-state index in [1.54, 1.807) is 0 Å². The van der Waals surface area contributed by atoms with Crippen molar-refractivity contribution in [1.82, 2.24) is 4.90 Å². The lowest BCUT2D eigenvalue weighted by Crippen LogP contribution is -2.42. The molecule has 0 saturated carbocycles. The third-order valence-electron chi connectivity index (χ3n) is 3.23. The van der Waals surface area contributed by atoms with Crippen LogP contribution in [0.5, 0.6) is 0 Å². The fraction of sp³-hybridized carbons (Fsp3) is 0.500. The molecule has 0 unspecified atom stereocenters. The zero-order valence-corrected chi connectivity index (χ0v) is 12.5. The van der Waals surface area contributed by atoms with Gasteiger partial charge in [-0.25, -0.2) is 0 Å². The van der Waals surface area contributed by atoms with Gasteiger partial charge in [-0.3, -0.25) is 4.79 Å². The van der Waals surface area contributed by atoms with Crippen LogP contribution in [0, 0.1) is 15.4 Å². The van der Waals surface area contributed by atoms with Gasteiger partial charge in [-0.2, -0.15) is 0 Å². The molecule has 0 N–H and O–H groups in total. The van der Waals surface area contributed by atoms with E-state index in [-0.39, 0.29) is 5.91 Å². The van der Waals surface area contributed by atoms with Gasteiger partial charge in [0.05, 0.1) is 0 Å². The molecule has 2 atom stereocenters. The highest BCUT2D eigenvalue weighted by Gasteiger charge is 2.25. The minimum absolute atomic E-state index is 0.182. The number of hydrogen-bond acceptors (Lipinski definition) is 1. The van der Waals surface area contributed by atoms with Gasteiger partial charge in [0.25, 0.3) is 5.91 Å². The van der Waals surface area contributed by atoms with Crippen LogP contribution in [-0.2, 0) is 0 Å². The maximum atomic E-state index is 12.4. The monoisotopic (exact) mass is 343 g/mol. The number of piperidine rings is 1. The molecular weight excluding hydrogens is 325 g/mol. The second-order valence-electron chi connectivity index (χ2n) is 5.17. The van der Waals surface area contributed by atoms with Gasteiger partial charge in [-0.15, -0.1) is 0 Å². The molecule has 0 aromatic heterocycles. The molecular formula is C14H18INO. The van der Waals surface area contributed by atoms with E-state index in [1.165, 1.54) is 6.42 Å². The fourth-order valence-corrected chi connectivity index (χ4v) is 3.18. The Kier molecular flexibility index (Phi) is 4.07. The maximum absolute atomic E-state index is 12.4. The Labute approximate surface area is 117 Å². The predicted octanol–water partition coefficient (Wildman–Crippen LogP) is 3.41. The number of carbonyl (C=O) groups excluding carboxylic acids is 1. The molecule has 17 heavy (non-hydrogen) atoms. The topological polar surface area (TPSA) is 20.3 Å². The smallest absolute Gasteiger partial charge is 0.253 e. The Balaban J connectivity index is 2.14. The standard InChI is InChI=1S/C14H18INO/c1-10-6-11(2)9-16(8-10)14(17)12-4-3-5-13(15)7-12/h3-5,7,10-11H,6,8-9H2,1-2H3/t10-,11+. The molecule has 1 fully saturated rings. The number of carbonyl (C=O) groups is 1. The Bertz CT molecular complexity index is 408. The molecule has 0 aliphatic carbocycles. The van der Waals surface area contributed by atoms with Gasteiger partial charge in [-0.1, -0.05) is 19.9 Å². The molecule has 92 valence electrons. The van der Waals surface area contributed by atoms with Crippen molar-refractivity contribution < 1.29 is 4.79 Å². The third-order valence-corrected chi connectivity index (χ3v) is 3.90. The number of amides is 1. The Hall–Kier alpha value is -0.580. The van der Waals surface area contributed by atoms with E-state index in [0.717, 1.165) is 22.2 Å². The number of halogens is 1. The van der Waals surface area contributed by atoms with Crippen molar-refractivity contribution in [2.75, 3.05) is 13.1 Å². The minimum Gasteiger partial charge on any atom is -0.338 e. The first-order chi connectivity index (χ1) is 8.06. The number of rotatable bonds is 1. The van der Waals surface area contributed by atoms with Crippen molar-refractivity contribution >= 4 is 28.5 Å². The summed E-state index contributed by atoms with van der Waals surface area (Å²) in [6.45, 7) is 6.25. The highest BCUT2D eigenvalue weighted by atomic mass is 127. The van der Waals surface area contributed by atoms with Crippen molar-refractivity contribution in [2.45, 2.75) is 20.3 Å². The molecule has 1 heterocycles. The van der Waals surface area contributed by atoms with Crippen molar-refractivity contribution in [1.29, 1.82) is 0 Å². The van der Waals surface area contributed by atoms with Crippen LogP contribution in [0.3, 0.4) is 0 Å². The summed E-state index contributed by atoms with van der Waals surface area (Å²) in [5.74, 6) is 1.41. The van der Waals surface area contributed by atoms with Gasteiger partial charge >= 0.3 is 0 Å². The number of benzene rings is 1. The van der Waals surface area contributed by atoms with Crippen LogP contribution < -0.4 is 0 Å². The third kappa shape index (κ3) is 3.21. The molecule has 1 aromatic carbocycles. The van der Waals surface area contributed by atoms with Crippen LogP contribution in [0.4, 0.5) is 0 Å². The zero-order chi connectivity index (χ0) is 12.4. The van der Waals surface area contributed by atoms with Crippen molar-refractivity contribution in [3.63, 3.8) is 0 Å². The molecule has 1 aliphatic heterocycles. The van der Waals surface area contributed by atoms with Gasteiger partial charge in [0, 0.05) is 22.2 Å². The lowest BCUT2D eigenvalue weighted by Gasteiger charge is -2.35. The van der Waals surface area contributed by atoms with Crippen molar-refractivity contribution in [2.24, 2.45) is 11.8 Å². The summed E-state index contributed by atoms with van der Waals surface area (Å²) in [5.41, 5.74) is 0.818. The first-order valence-corrected chi connectivity index (χ1v) is 7.19. The number of hydrogen-bond donors (Lipinski definition) is 0. The molecule has 3 heteroatoms. The van der Waals surface area contributed by atoms with E-state index >= 15 is 0 Å². The van der Waals surface area contributed by atoms with Gasteiger partial charge in [0.1, 0.15) is 0 Å². The molecule has 1 aliphatic rings. The van der Waals surface area contributed by atoms with Crippen LogP contribution in [0.2, 0.25) is 0 Å². The van der Waals surface area contributed by atoms with E-state index in [4.69, 9.17) is 0 Å². The SMILES string of the molecule is C[C@@H]1C[C@H](C)CN(C(=O)c2cccc(I)c2)C1. The van der Waals surface area contributed by atoms with Gasteiger partial charge < -0.3 is 4.90 Å². The highest BCUT2D eigenvalue weighted by Crippen LogP contribution is 2.22. The highest BCUT2D eigenvalue weighted by molar-refractivity contribution is 14.1. The average Bonchev–Trinajstić information content (AvgIpc) is 2.26. The van der Waals surface area contributed by atoms with Crippen molar-refractivity contribution in [3.8, 4) is 0 Å². The quantitative estimate of drug-likeness (QED) is 0.716. The van der Waals surface area contributed by atoms with Gasteiger partial charge in [0.15, 0.2) is 0 Å². The van der Waals surface area contributed by atoms with Gasteiger partial charge in [0.2, 0.25) is 0 Å². The minimum atomic E-state index is 0.182.